The van der Waals surface area contributed by atoms with E-state index in [1.54, 1.807) is 7.05 Å². The predicted molar refractivity (Wildman–Crippen MR) is 63.2 cm³/mol. The molecule has 6 heteroatoms. The molecule has 0 radical (unpaired) electrons. The molecule has 2 N–H and O–H groups in total. The molecule has 2 amide bonds. The standard InChI is InChI=1S/C11H13N5O/c1-15-11(13-8-14-15)16(10(12)17)7-9-5-3-2-4-6-9/h2-6,8H,7H2,1H3,(H2,12,17). The van der Waals surface area contributed by atoms with Gasteiger partial charge in [0.1, 0.15) is 6.33 Å². The molecule has 0 spiro atoms. The number of aryl methyl sites for hydroxylation is 1. The van der Waals surface area contributed by atoms with Crippen molar-refractivity contribution in [3.63, 3.8) is 0 Å². The average Bonchev–Trinajstić information content (AvgIpc) is 2.73. The minimum atomic E-state index is -0.551. The maximum Gasteiger partial charge on any atom is 0.321 e. The summed E-state index contributed by atoms with van der Waals surface area (Å²) in [5.74, 6) is 0.432. The number of carbonyl (C=O) groups is 1. The Labute approximate surface area is 98.7 Å². The Hall–Kier alpha value is -2.37. The molecule has 0 atom stereocenters. The van der Waals surface area contributed by atoms with E-state index in [0.717, 1.165) is 5.56 Å². The number of primary amides is 1. The maximum atomic E-state index is 11.4. The third kappa shape index (κ3) is 2.41. The fourth-order valence-electron chi connectivity index (χ4n) is 1.55. The lowest BCUT2D eigenvalue weighted by molar-refractivity contribution is 0.253. The van der Waals surface area contributed by atoms with E-state index in [9.17, 15) is 4.79 Å². The van der Waals surface area contributed by atoms with Crippen LogP contribution in [-0.2, 0) is 13.6 Å². The lowest BCUT2D eigenvalue weighted by atomic mass is 10.2. The molecule has 2 rings (SSSR count). The fraction of sp³-hybridized carbons (Fsp3) is 0.182. The van der Waals surface area contributed by atoms with Gasteiger partial charge in [-0.1, -0.05) is 30.3 Å². The zero-order valence-corrected chi connectivity index (χ0v) is 9.45. The normalized spacial score (nSPS) is 10.2. The van der Waals surface area contributed by atoms with Crippen LogP contribution in [0.15, 0.2) is 36.7 Å². The van der Waals surface area contributed by atoms with Crippen LogP contribution in [0.1, 0.15) is 5.56 Å². The molecule has 0 aliphatic heterocycles. The first kappa shape index (κ1) is 11.1. The van der Waals surface area contributed by atoms with Crippen LogP contribution >= 0.6 is 0 Å². The number of benzene rings is 1. The third-order valence-corrected chi connectivity index (χ3v) is 2.38. The molecule has 88 valence electrons. The molecule has 1 aromatic carbocycles. The van der Waals surface area contributed by atoms with Gasteiger partial charge in [0.25, 0.3) is 0 Å². The van der Waals surface area contributed by atoms with Crippen LogP contribution in [0.3, 0.4) is 0 Å². The Bertz CT molecular complexity index is 508. The number of anilines is 1. The minimum absolute atomic E-state index is 0.378. The van der Waals surface area contributed by atoms with Crippen molar-refractivity contribution in [3.8, 4) is 0 Å². The number of rotatable bonds is 3. The highest BCUT2D eigenvalue weighted by Gasteiger charge is 2.17. The Morgan fingerprint density at radius 3 is 2.65 bits per heavy atom. The fourth-order valence-corrected chi connectivity index (χ4v) is 1.55. The van der Waals surface area contributed by atoms with Crippen LogP contribution in [0.2, 0.25) is 0 Å². The van der Waals surface area contributed by atoms with Crippen LogP contribution in [0.5, 0.6) is 0 Å². The topological polar surface area (TPSA) is 77.0 Å². The molecule has 0 bridgehead atoms. The second kappa shape index (κ2) is 4.65. The van der Waals surface area contributed by atoms with E-state index < -0.39 is 6.03 Å². The maximum absolute atomic E-state index is 11.4. The van der Waals surface area contributed by atoms with Gasteiger partial charge in [0.2, 0.25) is 5.95 Å². The molecule has 6 nitrogen and oxygen atoms in total. The molecule has 0 saturated carbocycles. The molecule has 0 fully saturated rings. The highest BCUT2D eigenvalue weighted by Crippen LogP contribution is 2.12. The molecule has 2 aromatic rings. The Morgan fingerprint density at radius 1 is 1.41 bits per heavy atom. The van der Waals surface area contributed by atoms with Gasteiger partial charge >= 0.3 is 6.03 Å². The quantitative estimate of drug-likeness (QED) is 0.852. The van der Waals surface area contributed by atoms with Gasteiger partial charge in [0.15, 0.2) is 0 Å². The summed E-state index contributed by atoms with van der Waals surface area (Å²) in [7, 11) is 1.71. The van der Waals surface area contributed by atoms with Crippen molar-refractivity contribution in [2.75, 3.05) is 4.90 Å². The summed E-state index contributed by atoms with van der Waals surface area (Å²) in [5, 5.41) is 3.92. The molecule has 0 saturated heterocycles. The molecule has 1 heterocycles. The number of nitrogens with two attached hydrogens (primary N) is 1. The van der Waals surface area contributed by atoms with Gasteiger partial charge in [0.05, 0.1) is 6.54 Å². The second-order valence-corrected chi connectivity index (χ2v) is 3.59. The number of amides is 2. The van der Waals surface area contributed by atoms with E-state index >= 15 is 0 Å². The first-order valence-corrected chi connectivity index (χ1v) is 5.13. The predicted octanol–water partition coefficient (Wildman–Crippen LogP) is 0.900. The summed E-state index contributed by atoms with van der Waals surface area (Å²) in [6.07, 6.45) is 1.39. The van der Waals surface area contributed by atoms with Crippen molar-refractivity contribution < 1.29 is 4.79 Å². The van der Waals surface area contributed by atoms with Crippen molar-refractivity contribution in [3.05, 3.63) is 42.2 Å². The van der Waals surface area contributed by atoms with Crippen LogP contribution in [0, 0.1) is 0 Å². The summed E-state index contributed by atoms with van der Waals surface area (Å²) in [6, 6.07) is 9.03. The van der Waals surface area contributed by atoms with E-state index in [1.807, 2.05) is 30.3 Å². The lowest BCUT2D eigenvalue weighted by Crippen LogP contribution is -2.37. The number of hydrogen-bond acceptors (Lipinski definition) is 3. The van der Waals surface area contributed by atoms with Gasteiger partial charge in [-0.15, -0.1) is 0 Å². The average molecular weight is 231 g/mol. The van der Waals surface area contributed by atoms with Gasteiger partial charge in [0, 0.05) is 7.05 Å². The summed E-state index contributed by atoms with van der Waals surface area (Å²) >= 11 is 0. The first-order chi connectivity index (χ1) is 8.18. The number of hydrogen-bond donors (Lipinski definition) is 1. The van der Waals surface area contributed by atoms with E-state index in [0.29, 0.717) is 12.5 Å². The Morgan fingerprint density at radius 2 is 2.12 bits per heavy atom. The molecule has 17 heavy (non-hydrogen) atoms. The van der Waals surface area contributed by atoms with E-state index in [2.05, 4.69) is 10.1 Å². The minimum Gasteiger partial charge on any atom is -0.351 e. The molecule has 1 aromatic heterocycles. The summed E-state index contributed by atoms with van der Waals surface area (Å²) in [4.78, 5) is 16.8. The number of nitrogens with zero attached hydrogens (tertiary/aromatic N) is 4. The molecule has 0 unspecified atom stereocenters. The number of carbonyl (C=O) groups excluding carboxylic acids is 1. The van der Waals surface area contributed by atoms with Crippen molar-refractivity contribution in [1.29, 1.82) is 0 Å². The number of urea groups is 1. The van der Waals surface area contributed by atoms with Crippen molar-refractivity contribution in [2.45, 2.75) is 6.54 Å². The monoisotopic (exact) mass is 231 g/mol. The van der Waals surface area contributed by atoms with E-state index in [1.165, 1.54) is 15.9 Å². The molecular weight excluding hydrogens is 218 g/mol. The van der Waals surface area contributed by atoms with Crippen LogP contribution in [-0.4, -0.2) is 20.8 Å². The van der Waals surface area contributed by atoms with Crippen LogP contribution in [0.25, 0.3) is 0 Å². The van der Waals surface area contributed by atoms with E-state index in [4.69, 9.17) is 5.73 Å². The van der Waals surface area contributed by atoms with E-state index in [-0.39, 0.29) is 0 Å². The Balaban J connectivity index is 2.26. The summed E-state index contributed by atoms with van der Waals surface area (Å²) in [6.45, 7) is 0.378. The second-order valence-electron chi connectivity index (χ2n) is 3.59. The highest BCUT2D eigenvalue weighted by molar-refractivity contribution is 5.88. The Kier molecular flexibility index (Phi) is 3.04. The SMILES string of the molecule is Cn1ncnc1N(Cc1ccccc1)C(N)=O. The zero-order valence-electron chi connectivity index (χ0n) is 9.45. The van der Waals surface area contributed by atoms with Gasteiger partial charge in [-0.05, 0) is 5.56 Å². The van der Waals surface area contributed by atoms with Gasteiger partial charge < -0.3 is 5.73 Å². The summed E-state index contributed by atoms with van der Waals surface area (Å²) < 4.78 is 1.51. The highest BCUT2D eigenvalue weighted by atomic mass is 16.2. The van der Waals surface area contributed by atoms with Gasteiger partial charge in [-0.25, -0.2) is 9.48 Å². The zero-order chi connectivity index (χ0) is 12.3. The van der Waals surface area contributed by atoms with Gasteiger partial charge in [-0.2, -0.15) is 10.1 Å². The van der Waals surface area contributed by atoms with Crippen molar-refractivity contribution in [1.82, 2.24) is 14.8 Å². The number of aromatic nitrogens is 3. The van der Waals surface area contributed by atoms with Crippen LogP contribution in [0.4, 0.5) is 10.7 Å². The largest absolute Gasteiger partial charge is 0.351 e. The molecule has 0 aliphatic carbocycles. The molecule has 0 aliphatic rings. The van der Waals surface area contributed by atoms with Gasteiger partial charge in [-0.3, -0.25) is 4.90 Å². The third-order valence-electron chi connectivity index (χ3n) is 2.38. The smallest absolute Gasteiger partial charge is 0.321 e. The first-order valence-electron chi connectivity index (χ1n) is 5.13. The van der Waals surface area contributed by atoms with Crippen molar-refractivity contribution in [2.24, 2.45) is 12.8 Å². The molecular formula is C11H13N5O. The lowest BCUT2D eigenvalue weighted by Gasteiger charge is -2.18. The van der Waals surface area contributed by atoms with Crippen molar-refractivity contribution >= 4 is 12.0 Å². The van der Waals surface area contributed by atoms with Crippen LogP contribution < -0.4 is 10.6 Å². The summed E-state index contributed by atoms with van der Waals surface area (Å²) in [5.41, 5.74) is 6.33.